The van der Waals surface area contributed by atoms with E-state index in [1.807, 2.05) is 25.3 Å². The maximum atomic E-state index is 13.1. The van der Waals surface area contributed by atoms with E-state index in [0.717, 1.165) is 5.57 Å². The van der Waals surface area contributed by atoms with Crippen LogP contribution >= 0.6 is 0 Å². The standard InChI is InChI=1S/C25H33F2N5O6/c1-17-7-8-18(14-29-17)15-32-21(16-34)22(31(3)23(35)28-9-10-33)30-24(32)37-12-11-36-19-5-4-6-20(13-19)38-25(2,26)27/h4-8,13-14,16-17,24,29-30,33H,9-12,15H2,1-3H3,(H,28,35). The molecule has 0 saturated carbocycles. The summed E-state index contributed by atoms with van der Waals surface area (Å²) >= 11 is 0. The number of amides is 2. The Balaban J connectivity index is 1.67. The zero-order valence-electron chi connectivity index (χ0n) is 21.4. The van der Waals surface area contributed by atoms with Crippen LogP contribution < -0.4 is 25.4 Å². The number of hydrogen-bond donors (Lipinski definition) is 4. The highest BCUT2D eigenvalue weighted by atomic mass is 19.3. The second-order valence-electron chi connectivity index (χ2n) is 8.63. The first-order valence-electron chi connectivity index (χ1n) is 12.0. The molecule has 4 N–H and O–H groups in total. The lowest BCUT2D eigenvalue weighted by atomic mass is 10.1. The molecule has 0 fully saturated rings. The fraction of sp³-hybridized carbons (Fsp3) is 0.440. The number of urea groups is 1. The molecule has 208 valence electrons. The number of carbonyl (C=O) groups is 2. The second-order valence-corrected chi connectivity index (χ2v) is 8.63. The van der Waals surface area contributed by atoms with Gasteiger partial charge in [-0.2, -0.15) is 8.78 Å². The number of benzene rings is 1. The molecule has 0 saturated heterocycles. The predicted molar refractivity (Wildman–Crippen MR) is 134 cm³/mol. The van der Waals surface area contributed by atoms with Gasteiger partial charge < -0.3 is 40.2 Å². The van der Waals surface area contributed by atoms with Gasteiger partial charge in [-0.05, 0) is 24.6 Å². The number of aldehydes is 1. The van der Waals surface area contributed by atoms with Crippen molar-refractivity contribution in [2.45, 2.75) is 32.3 Å². The van der Waals surface area contributed by atoms with E-state index in [9.17, 15) is 18.4 Å². The third-order valence-corrected chi connectivity index (χ3v) is 5.45. The Morgan fingerprint density at radius 3 is 2.74 bits per heavy atom. The van der Waals surface area contributed by atoms with Gasteiger partial charge in [-0.15, -0.1) is 0 Å². The van der Waals surface area contributed by atoms with Gasteiger partial charge in [0.15, 0.2) is 6.29 Å². The molecule has 2 aliphatic heterocycles. The largest absolute Gasteiger partial charge is 0.491 e. The highest BCUT2D eigenvalue weighted by molar-refractivity contribution is 5.80. The number of hydrogen-bond acceptors (Lipinski definition) is 9. The number of aliphatic hydroxyl groups is 1. The van der Waals surface area contributed by atoms with Crippen LogP contribution in [0.3, 0.4) is 0 Å². The number of halogens is 2. The van der Waals surface area contributed by atoms with Crippen molar-refractivity contribution in [3.63, 3.8) is 0 Å². The smallest absolute Gasteiger partial charge is 0.394 e. The molecule has 0 aliphatic carbocycles. The highest BCUT2D eigenvalue weighted by Crippen LogP contribution is 2.26. The zero-order valence-corrected chi connectivity index (χ0v) is 21.4. The van der Waals surface area contributed by atoms with Gasteiger partial charge >= 0.3 is 12.1 Å². The lowest BCUT2D eigenvalue weighted by Crippen LogP contribution is -2.45. The molecule has 13 heteroatoms. The third-order valence-electron chi connectivity index (χ3n) is 5.45. The molecule has 0 bridgehead atoms. The molecule has 1 aromatic rings. The monoisotopic (exact) mass is 537 g/mol. The van der Waals surface area contributed by atoms with Crippen molar-refractivity contribution < 1.29 is 37.7 Å². The van der Waals surface area contributed by atoms with Crippen LogP contribution in [0.4, 0.5) is 13.6 Å². The molecule has 2 aliphatic rings. The highest BCUT2D eigenvalue weighted by Gasteiger charge is 2.35. The Morgan fingerprint density at radius 2 is 2.08 bits per heavy atom. The summed E-state index contributed by atoms with van der Waals surface area (Å²) in [6.45, 7) is 2.89. The topological polar surface area (TPSA) is 125 Å². The SMILES string of the molecule is CC1C=CC(CN2C(C=O)=C(N(C)C(=O)NCCO)NC2OCCOc2cccc(OC(C)(F)F)c2)=CN1. The zero-order chi connectivity index (χ0) is 27.7. The number of aliphatic hydroxyl groups excluding tert-OH is 1. The van der Waals surface area contributed by atoms with E-state index in [0.29, 0.717) is 25.5 Å². The summed E-state index contributed by atoms with van der Waals surface area (Å²) in [5, 5.41) is 17.8. The summed E-state index contributed by atoms with van der Waals surface area (Å²) in [6, 6.07) is 5.52. The van der Waals surface area contributed by atoms with Crippen molar-refractivity contribution in [1.82, 2.24) is 25.8 Å². The van der Waals surface area contributed by atoms with Crippen LogP contribution in [0.5, 0.6) is 11.5 Å². The third kappa shape index (κ3) is 8.08. The number of rotatable bonds is 13. The second kappa shape index (κ2) is 13.1. The summed E-state index contributed by atoms with van der Waals surface area (Å²) in [7, 11) is 1.49. The fourth-order valence-electron chi connectivity index (χ4n) is 3.66. The molecule has 11 nitrogen and oxygen atoms in total. The first-order valence-corrected chi connectivity index (χ1v) is 12.0. The number of alkyl halides is 2. The van der Waals surface area contributed by atoms with Gasteiger partial charge in [0.1, 0.15) is 29.6 Å². The molecule has 0 radical (unpaired) electrons. The van der Waals surface area contributed by atoms with Crippen LogP contribution in [-0.4, -0.2) is 85.7 Å². The first kappa shape index (κ1) is 28.7. The van der Waals surface area contributed by atoms with Gasteiger partial charge in [0, 0.05) is 45.4 Å². The average Bonchev–Trinajstić information content (AvgIpc) is 3.22. The minimum absolute atomic E-state index is 0.0386. The molecule has 2 heterocycles. The maximum absolute atomic E-state index is 13.1. The summed E-state index contributed by atoms with van der Waals surface area (Å²) in [5.41, 5.74) is 1.09. The molecule has 0 aromatic heterocycles. The van der Waals surface area contributed by atoms with Gasteiger partial charge in [0.2, 0.25) is 6.35 Å². The van der Waals surface area contributed by atoms with E-state index >= 15 is 0 Å². The van der Waals surface area contributed by atoms with E-state index < -0.39 is 18.5 Å². The summed E-state index contributed by atoms with van der Waals surface area (Å²) in [5.74, 6) is 0.508. The van der Waals surface area contributed by atoms with Crippen molar-refractivity contribution >= 4 is 12.3 Å². The van der Waals surface area contributed by atoms with Crippen LogP contribution in [-0.2, 0) is 9.53 Å². The first-order chi connectivity index (χ1) is 18.1. The molecule has 2 atom stereocenters. The average molecular weight is 538 g/mol. The molecular formula is C25H33F2N5O6. The Labute approximate surface area is 219 Å². The van der Waals surface area contributed by atoms with Crippen LogP contribution in [0.25, 0.3) is 0 Å². The van der Waals surface area contributed by atoms with Gasteiger partial charge in [0.05, 0.1) is 13.2 Å². The van der Waals surface area contributed by atoms with Crippen molar-refractivity contribution in [3.05, 3.63) is 59.7 Å². The van der Waals surface area contributed by atoms with Crippen molar-refractivity contribution in [3.8, 4) is 11.5 Å². The number of allylic oxidation sites excluding steroid dienone is 1. The lowest BCUT2D eigenvalue weighted by molar-refractivity contribution is -0.159. The summed E-state index contributed by atoms with van der Waals surface area (Å²) in [6.07, 6.45) is 2.26. The van der Waals surface area contributed by atoms with Crippen molar-refractivity contribution in [2.24, 2.45) is 0 Å². The minimum atomic E-state index is -3.32. The van der Waals surface area contributed by atoms with Crippen molar-refractivity contribution in [2.75, 3.05) is 40.0 Å². The van der Waals surface area contributed by atoms with Crippen LogP contribution in [0.1, 0.15) is 13.8 Å². The summed E-state index contributed by atoms with van der Waals surface area (Å²) < 4.78 is 42.4. The molecule has 2 unspecified atom stereocenters. The maximum Gasteiger partial charge on any atom is 0.394 e. The van der Waals surface area contributed by atoms with Crippen LogP contribution in [0, 0.1) is 0 Å². The van der Waals surface area contributed by atoms with Crippen LogP contribution in [0.15, 0.2) is 59.7 Å². The quantitative estimate of drug-likeness (QED) is 0.220. The number of dihydropyridines is 1. The van der Waals surface area contributed by atoms with Gasteiger partial charge in [-0.3, -0.25) is 9.69 Å². The minimum Gasteiger partial charge on any atom is -0.491 e. The van der Waals surface area contributed by atoms with Gasteiger partial charge in [0.25, 0.3) is 0 Å². The Hall–Kier alpha value is -3.84. The van der Waals surface area contributed by atoms with E-state index in [2.05, 4.69) is 20.7 Å². The van der Waals surface area contributed by atoms with E-state index in [4.69, 9.17) is 14.6 Å². The molecule has 1 aromatic carbocycles. The van der Waals surface area contributed by atoms with Crippen molar-refractivity contribution in [1.29, 1.82) is 0 Å². The fourth-order valence-corrected chi connectivity index (χ4v) is 3.66. The lowest BCUT2D eigenvalue weighted by Gasteiger charge is -2.28. The molecule has 3 rings (SSSR count). The van der Waals surface area contributed by atoms with E-state index in [1.165, 1.54) is 30.1 Å². The van der Waals surface area contributed by atoms with Gasteiger partial charge in [-0.25, -0.2) is 4.79 Å². The van der Waals surface area contributed by atoms with E-state index in [1.54, 1.807) is 11.0 Å². The summed E-state index contributed by atoms with van der Waals surface area (Å²) in [4.78, 5) is 27.5. The molecule has 38 heavy (non-hydrogen) atoms. The number of ether oxygens (including phenoxy) is 3. The predicted octanol–water partition coefficient (Wildman–Crippen LogP) is 1.70. The Kier molecular flexibility index (Phi) is 9.91. The normalized spacial score (nSPS) is 18.9. The number of nitrogens with zero attached hydrogens (tertiary/aromatic N) is 2. The molecular weight excluding hydrogens is 504 g/mol. The molecule has 0 spiro atoms. The Morgan fingerprint density at radius 1 is 1.32 bits per heavy atom. The van der Waals surface area contributed by atoms with Crippen LogP contribution in [0.2, 0.25) is 0 Å². The number of nitrogens with one attached hydrogen (secondary N) is 3. The molecule has 2 amide bonds. The van der Waals surface area contributed by atoms with E-state index in [-0.39, 0.29) is 49.7 Å². The Bertz CT molecular complexity index is 1070. The van der Waals surface area contributed by atoms with Gasteiger partial charge in [-0.1, -0.05) is 18.2 Å². The number of carbonyl (C=O) groups excluding carboxylic acids is 2.